The lowest BCUT2D eigenvalue weighted by molar-refractivity contribution is 0.0548. The second-order valence-corrected chi connectivity index (χ2v) is 7.46. The zero-order valence-electron chi connectivity index (χ0n) is 16.1. The summed E-state index contributed by atoms with van der Waals surface area (Å²) >= 11 is 5.24. The highest BCUT2D eigenvalue weighted by Crippen LogP contribution is 2.34. The number of rotatable bonds is 5. The van der Waals surface area contributed by atoms with E-state index in [4.69, 9.17) is 17.0 Å². The van der Waals surface area contributed by atoms with E-state index < -0.39 is 0 Å². The van der Waals surface area contributed by atoms with Gasteiger partial charge in [0.25, 0.3) is 0 Å². The van der Waals surface area contributed by atoms with Gasteiger partial charge < -0.3 is 15.0 Å². The number of hydrogen-bond donors (Lipinski definition) is 2. The zero-order chi connectivity index (χ0) is 19.1. The number of ether oxygens (including phenoxy) is 1. The molecule has 0 spiro atoms. The Labute approximate surface area is 167 Å². The van der Waals surface area contributed by atoms with Crippen LogP contribution < -0.4 is 10.7 Å². The SMILES string of the molecule is CC(C)NC(=S)N/N=C\C1=C(N2CCOCC2)C(=Cc2ccccc2)CC1. The van der Waals surface area contributed by atoms with Crippen molar-refractivity contribution in [3.63, 3.8) is 0 Å². The van der Waals surface area contributed by atoms with Crippen LogP contribution in [0.1, 0.15) is 32.3 Å². The second-order valence-electron chi connectivity index (χ2n) is 7.05. The summed E-state index contributed by atoms with van der Waals surface area (Å²) in [5.41, 5.74) is 8.07. The number of hydrazone groups is 1. The lowest BCUT2D eigenvalue weighted by Gasteiger charge is -2.31. The van der Waals surface area contributed by atoms with Crippen molar-refractivity contribution in [3.05, 3.63) is 52.7 Å². The molecule has 0 atom stereocenters. The Hall–Kier alpha value is -2.18. The lowest BCUT2D eigenvalue weighted by atomic mass is 10.1. The number of allylic oxidation sites excluding steroid dienone is 2. The van der Waals surface area contributed by atoms with Crippen LogP contribution in [0, 0.1) is 0 Å². The van der Waals surface area contributed by atoms with Crippen molar-refractivity contribution in [1.29, 1.82) is 0 Å². The van der Waals surface area contributed by atoms with E-state index in [1.807, 2.05) is 26.1 Å². The van der Waals surface area contributed by atoms with Crippen molar-refractivity contribution in [2.45, 2.75) is 32.7 Å². The maximum Gasteiger partial charge on any atom is 0.187 e. The fraction of sp³-hybridized carbons (Fsp3) is 0.429. The molecule has 1 aromatic rings. The van der Waals surface area contributed by atoms with E-state index in [1.165, 1.54) is 22.4 Å². The molecule has 144 valence electrons. The van der Waals surface area contributed by atoms with E-state index in [0.29, 0.717) is 5.11 Å². The first-order chi connectivity index (χ1) is 13.1. The van der Waals surface area contributed by atoms with Crippen molar-refractivity contribution < 1.29 is 4.74 Å². The molecule has 3 rings (SSSR count). The molecule has 1 saturated heterocycles. The summed E-state index contributed by atoms with van der Waals surface area (Å²) < 4.78 is 5.54. The van der Waals surface area contributed by atoms with Gasteiger partial charge >= 0.3 is 0 Å². The van der Waals surface area contributed by atoms with Gasteiger partial charge in [0, 0.05) is 24.8 Å². The largest absolute Gasteiger partial charge is 0.378 e. The first-order valence-electron chi connectivity index (χ1n) is 9.55. The number of nitrogens with one attached hydrogen (secondary N) is 2. The molecular weight excluding hydrogens is 356 g/mol. The first kappa shape index (κ1) is 19.6. The smallest absolute Gasteiger partial charge is 0.187 e. The number of morpholine rings is 1. The normalized spacial score (nSPS) is 19.4. The van der Waals surface area contributed by atoms with Crippen molar-refractivity contribution in [3.8, 4) is 0 Å². The summed E-state index contributed by atoms with van der Waals surface area (Å²) in [6, 6.07) is 10.8. The van der Waals surface area contributed by atoms with Crippen LogP contribution in [0.25, 0.3) is 6.08 Å². The maximum absolute atomic E-state index is 5.54. The summed E-state index contributed by atoms with van der Waals surface area (Å²) in [6.07, 6.45) is 6.23. The van der Waals surface area contributed by atoms with E-state index in [-0.39, 0.29) is 6.04 Å². The highest BCUT2D eigenvalue weighted by molar-refractivity contribution is 7.80. The number of thiocarbonyl (C=S) groups is 1. The minimum atomic E-state index is 0.287. The molecule has 0 unspecified atom stereocenters. The summed E-state index contributed by atoms with van der Waals surface area (Å²) in [5.74, 6) is 0. The molecule has 0 saturated carbocycles. The molecular formula is C21H28N4OS. The molecule has 2 aliphatic rings. The van der Waals surface area contributed by atoms with Crippen LogP contribution in [0.5, 0.6) is 0 Å². The van der Waals surface area contributed by atoms with Gasteiger partial charge in [-0.05, 0) is 61.7 Å². The molecule has 6 heteroatoms. The second kappa shape index (κ2) is 9.67. The molecule has 0 bridgehead atoms. The Bertz CT molecular complexity index is 734. The Balaban J connectivity index is 1.81. The average molecular weight is 385 g/mol. The van der Waals surface area contributed by atoms with E-state index in [0.717, 1.165) is 39.1 Å². The van der Waals surface area contributed by atoms with Gasteiger partial charge in [-0.2, -0.15) is 5.10 Å². The summed E-state index contributed by atoms with van der Waals surface area (Å²) in [5, 5.41) is 8.06. The van der Waals surface area contributed by atoms with Gasteiger partial charge in [-0.1, -0.05) is 30.3 Å². The lowest BCUT2D eigenvalue weighted by Crippen LogP contribution is -2.37. The minimum Gasteiger partial charge on any atom is -0.378 e. The molecule has 1 aliphatic carbocycles. The van der Waals surface area contributed by atoms with Crippen molar-refractivity contribution in [2.75, 3.05) is 26.3 Å². The quantitative estimate of drug-likeness (QED) is 0.463. The van der Waals surface area contributed by atoms with Crippen molar-refractivity contribution in [2.24, 2.45) is 5.10 Å². The fourth-order valence-corrected chi connectivity index (χ4v) is 3.67. The predicted molar refractivity (Wildman–Crippen MR) is 116 cm³/mol. The Morgan fingerprint density at radius 2 is 1.93 bits per heavy atom. The summed E-state index contributed by atoms with van der Waals surface area (Å²) in [7, 11) is 0. The average Bonchev–Trinajstić information content (AvgIpc) is 3.05. The van der Waals surface area contributed by atoms with Gasteiger partial charge in [0.15, 0.2) is 5.11 Å². The monoisotopic (exact) mass is 384 g/mol. The van der Waals surface area contributed by atoms with Gasteiger partial charge in [0.05, 0.1) is 19.4 Å². The topological polar surface area (TPSA) is 48.9 Å². The molecule has 1 aliphatic heterocycles. The fourth-order valence-electron chi connectivity index (χ4n) is 3.39. The Morgan fingerprint density at radius 1 is 1.19 bits per heavy atom. The molecule has 27 heavy (non-hydrogen) atoms. The standard InChI is InChI=1S/C21H28N4OS/c1-16(2)23-21(27)24-22-15-19-9-8-18(14-17-6-4-3-5-7-17)20(19)25-10-12-26-13-11-25/h3-7,14-16H,8-13H2,1-2H3,(H2,23,24,27)/b18-14?,22-15-. The van der Waals surface area contributed by atoms with Gasteiger partial charge in [0.1, 0.15) is 0 Å². The molecule has 2 N–H and O–H groups in total. The zero-order valence-corrected chi connectivity index (χ0v) is 16.9. The van der Waals surface area contributed by atoms with Crippen LogP contribution in [0.4, 0.5) is 0 Å². The van der Waals surface area contributed by atoms with E-state index in [9.17, 15) is 0 Å². The summed E-state index contributed by atoms with van der Waals surface area (Å²) in [6.45, 7) is 7.47. The van der Waals surface area contributed by atoms with Crippen molar-refractivity contribution >= 4 is 29.6 Å². The molecule has 5 nitrogen and oxygen atoms in total. The Morgan fingerprint density at radius 3 is 2.63 bits per heavy atom. The third-order valence-electron chi connectivity index (χ3n) is 4.55. The third-order valence-corrected chi connectivity index (χ3v) is 4.76. The third kappa shape index (κ3) is 5.65. The number of hydrogen-bond acceptors (Lipinski definition) is 4. The summed E-state index contributed by atoms with van der Waals surface area (Å²) in [4.78, 5) is 2.43. The molecule has 0 radical (unpaired) electrons. The van der Waals surface area contributed by atoms with E-state index >= 15 is 0 Å². The van der Waals surface area contributed by atoms with Gasteiger partial charge in [-0.25, -0.2) is 0 Å². The number of benzene rings is 1. The van der Waals surface area contributed by atoms with E-state index in [1.54, 1.807) is 0 Å². The van der Waals surface area contributed by atoms with Gasteiger partial charge in [-0.15, -0.1) is 0 Å². The highest BCUT2D eigenvalue weighted by atomic mass is 32.1. The molecule has 1 aromatic carbocycles. The maximum atomic E-state index is 5.54. The first-order valence-corrected chi connectivity index (χ1v) is 9.95. The molecule has 1 heterocycles. The minimum absolute atomic E-state index is 0.287. The molecule has 1 fully saturated rings. The molecule has 0 aromatic heterocycles. The molecule has 0 amide bonds. The van der Waals surface area contributed by atoms with Crippen LogP contribution in [-0.4, -0.2) is 48.6 Å². The van der Waals surface area contributed by atoms with Crippen LogP contribution in [0.15, 0.2) is 52.3 Å². The van der Waals surface area contributed by atoms with Crippen LogP contribution in [0.3, 0.4) is 0 Å². The van der Waals surface area contributed by atoms with Crippen molar-refractivity contribution in [1.82, 2.24) is 15.6 Å². The predicted octanol–water partition coefficient (Wildman–Crippen LogP) is 3.31. The van der Waals surface area contributed by atoms with Gasteiger partial charge in [0.2, 0.25) is 0 Å². The van der Waals surface area contributed by atoms with Crippen LogP contribution in [0.2, 0.25) is 0 Å². The van der Waals surface area contributed by atoms with E-state index in [2.05, 4.69) is 51.1 Å². The van der Waals surface area contributed by atoms with Gasteiger partial charge in [-0.3, -0.25) is 5.43 Å². The Kier molecular flexibility index (Phi) is 7.01. The van der Waals surface area contributed by atoms with Crippen LogP contribution in [-0.2, 0) is 4.74 Å². The highest BCUT2D eigenvalue weighted by Gasteiger charge is 2.25. The van der Waals surface area contributed by atoms with Crippen LogP contribution >= 0.6 is 12.2 Å². The number of nitrogens with zero attached hydrogens (tertiary/aromatic N) is 2.